The molecule has 0 aliphatic carbocycles. The molecule has 0 aliphatic rings. The molecular formula is C12H13N5O3S. The zero-order chi connectivity index (χ0) is 15.2. The van der Waals surface area contributed by atoms with E-state index in [2.05, 4.69) is 20.7 Å². The number of hydrazone groups is 1. The van der Waals surface area contributed by atoms with E-state index in [1.54, 1.807) is 12.1 Å². The highest BCUT2D eigenvalue weighted by molar-refractivity contribution is 7.15. The summed E-state index contributed by atoms with van der Waals surface area (Å²) in [7, 11) is 1.45. The van der Waals surface area contributed by atoms with Crippen LogP contribution in [0, 0.1) is 0 Å². The standard InChI is InChI=1S/C12H13N5O3S/c1-20-9-4-7(2-3-8(9)18)6-14-15-10(19)5-11-16-17-12(13)21-11/h2-4,6,18H,5H2,1H3,(H2,13,17)(H,15,19)/b14-6-. The lowest BCUT2D eigenvalue weighted by Gasteiger charge is -2.03. The molecule has 0 atom stereocenters. The number of ether oxygens (including phenoxy) is 1. The minimum atomic E-state index is -0.326. The van der Waals surface area contributed by atoms with Crippen molar-refractivity contribution in [3.63, 3.8) is 0 Å². The van der Waals surface area contributed by atoms with Gasteiger partial charge in [-0.25, -0.2) is 5.43 Å². The molecule has 0 aliphatic heterocycles. The van der Waals surface area contributed by atoms with Crippen LogP contribution < -0.4 is 15.9 Å². The summed E-state index contributed by atoms with van der Waals surface area (Å²) in [4.78, 5) is 11.6. The van der Waals surface area contributed by atoms with Gasteiger partial charge >= 0.3 is 0 Å². The minimum absolute atomic E-state index is 0.0348. The molecule has 9 heteroatoms. The summed E-state index contributed by atoms with van der Waals surface area (Å²) in [5.41, 5.74) is 8.46. The Bertz CT molecular complexity index is 671. The minimum Gasteiger partial charge on any atom is -0.504 e. The third kappa shape index (κ3) is 4.14. The maximum atomic E-state index is 11.6. The summed E-state index contributed by atoms with van der Waals surface area (Å²) >= 11 is 1.15. The number of carbonyl (C=O) groups is 1. The van der Waals surface area contributed by atoms with Gasteiger partial charge in [-0.1, -0.05) is 11.3 Å². The second-order valence-corrected chi connectivity index (χ2v) is 5.03. The van der Waals surface area contributed by atoms with Crippen molar-refractivity contribution in [2.75, 3.05) is 12.8 Å². The molecular weight excluding hydrogens is 294 g/mol. The molecule has 0 fully saturated rings. The van der Waals surface area contributed by atoms with Crippen LogP contribution in [-0.2, 0) is 11.2 Å². The fourth-order valence-electron chi connectivity index (χ4n) is 1.47. The van der Waals surface area contributed by atoms with Crippen LogP contribution >= 0.6 is 11.3 Å². The van der Waals surface area contributed by atoms with Gasteiger partial charge < -0.3 is 15.6 Å². The van der Waals surface area contributed by atoms with Crippen molar-refractivity contribution in [3.8, 4) is 11.5 Å². The molecule has 1 aromatic carbocycles. The number of phenolic OH excluding ortho intramolecular Hbond substituents is 1. The van der Waals surface area contributed by atoms with Crippen LogP contribution in [-0.4, -0.2) is 34.5 Å². The van der Waals surface area contributed by atoms with E-state index in [0.717, 1.165) is 11.3 Å². The number of benzene rings is 1. The number of phenols is 1. The number of rotatable bonds is 5. The van der Waals surface area contributed by atoms with E-state index in [9.17, 15) is 9.90 Å². The predicted octanol–water partition coefficient (Wildman–Crippen LogP) is 0.527. The Morgan fingerprint density at radius 2 is 2.38 bits per heavy atom. The molecule has 0 saturated carbocycles. The third-order valence-electron chi connectivity index (χ3n) is 2.40. The van der Waals surface area contributed by atoms with Crippen LogP contribution in [0.25, 0.3) is 0 Å². The molecule has 0 radical (unpaired) electrons. The first-order valence-electron chi connectivity index (χ1n) is 5.85. The van der Waals surface area contributed by atoms with Gasteiger partial charge in [0.1, 0.15) is 5.01 Å². The molecule has 4 N–H and O–H groups in total. The van der Waals surface area contributed by atoms with E-state index in [-0.39, 0.29) is 18.1 Å². The lowest BCUT2D eigenvalue weighted by molar-refractivity contribution is -0.120. The number of carbonyl (C=O) groups excluding carboxylic acids is 1. The lowest BCUT2D eigenvalue weighted by atomic mass is 10.2. The van der Waals surface area contributed by atoms with E-state index < -0.39 is 0 Å². The molecule has 110 valence electrons. The second kappa shape index (κ2) is 6.66. The van der Waals surface area contributed by atoms with Crippen molar-refractivity contribution in [2.24, 2.45) is 5.10 Å². The molecule has 2 rings (SSSR count). The number of nitrogens with zero attached hydrogens (tertiary/aromatic N) is 3. The first kappa shape index (κ1) is 14.7. The highest BCUT2D eigenvalue weighted by Crippen LogP contribution is 2.25. The van der Waals surface area contributed by atoms with Crippen molar-refractivity contribution >= 4 is 28.6 Å². The summed E-state index contributed by atoms with van der Waals surface area (Å²) in [5, 5.41) is 21.5. The van der Waals surface area contributed by atoms with Crippen molar-refractivity contribution in [1.82, 2.24) is 15.6 Å². The van der Waals surface area contributed by atoms with Crippen LogP contribution in [0.2, 0.25) is 0 Å². The van der Waals surface area contributed by atoms with Crippen molar-refractivity contribution in [1.29, 1.82) is 0 Å². The van der Waals surface area contributed by atoms with Gasteiger partial charge in [-0.05, 0) is 23.8 Å². The van der Waals surface area contributed by atoms with E-state index >= 15 is 0 Å². The summed E-state index contributed by atoms with van der Waals surface area (Å²) in [5.74, 6) is 0.0373. The van der Waals surface area contributed by atoms with Gasteiger partial charge in [0.2, 0.25) is 11.0 Å². The maximum absolute atomic E-state index is 11.6. The molecule has 0 saturated heterocycles. The molecule has 1 amide bonds. The highest BCUT2D eigenvalue weighted by Gasteiger charge is 2.07. The monoisotopic (exact) mass is 307 g/mol. The Hall–Kier alpha value is -2.68. The molecule has 0 unspecified atom stereocenters. The van der Waals surface area contributed by atoms with Crippen molar-refractivity contribution in [2.45, 2.75) is 6.42 Å². The van der Waals surface area contributed by atoms with Gasteiger partial charge in [0, 0.05) is 0 Å². The smallest absolute Gasteiger partial charge is 0.247 e. The SMILES string of the molecule is COc1cc(/C=N\NC(=O)Cc2nnc(N)s2)ccc1O. The quantitative estimate of drug-likeness (QED) is 0.547. The van der Waals surface area contributed by atoms with Crippen molar-refractivity contribution in [3.05, 3.63) is 28.8 Å². The summed E-state index contributed by atoms with van der Waals surface area (Å²) in [6.07, 6.45) is 1.50. The number of nitrogen functional groups attached to an aromatic ring is 1. The summed E-state index contributed by atoms with van der Waals surface area (Å²) in [6, 6.07) is 4.71. The number of hydrogen-bond donors (Lipinski definition) is 3. The van der Waals surface area contributed by atoms with E-state index in [4.69, 9.17) is 10.5 Å². The number of aromatic hydroxyl groups is 1. The zero-order valence-corrected chi connectivity index (χ0v) is 11.9. The Morgan fingerprint density at radius 1 is 1.57 bits per heavy atom. The molecule has 0 spiro atoms. The largest absolute Gasteiger partial charge is 0.504 e. The number of nitrogens with two attached hydrogens (primary N) is 1. The summed E-state index contributed by atoms with van der Waals surface area (Å²) < 4.78 is 4.97. The van der Waals surface area contributed by atoms with Crippen LogP contribution in [0.15, 0.2) is 23.3 Å². The third-order valence-corrected chi connectivity index (χ3v) is 3.15. The van der Waals surface area contributed by atoms with Crippen LogP contribution in [0.3, 0.4) is 0 Å². The molecule has 21 heavy (non-hydrogen) atoms. The number of amides is 1. The van der Waals surface area contributed by atoms with E-state index in [1.165, 1.54) is 19.4 Å². The van der Waals surface area contributed by atoms with Gasteiger partial charge in [0.05, 0.1) is 19.7 Å². The molecule has 0 bridgehead atoms. The van der Waals surface area contributed by atoms with Crippen molar-refractivity contribution < 1.29 is 14.6 Å². The fraction of sp³-hybridized carbons (Fsp3) is 0.167. The Morgan fingerprint density at radius 3 is 3.05 bits per heavy atom. The Kier molecular flexibility index (Phi) is 4.67. The number of methoxy groups -OCH3 is 1. The molecule has 1 heterocycles. The number of hydrogen-bond acceptors (Lipinski definition) is 8. The molecule has 2 aromatic rings. The second-order valence-electron chi connectivity index (χ2n) is 3.94. The zero-order valence-electron chi connectivity index (χ0n) is 11.1. The molecule has 1 aromatic heterocycles. The Balaban J connectivity index is 1.91. The number of aromatic nitrogens is 2. The van der Waals surface area contributed by atoms with Gasteiger partial charge in [-0.15, -0.1) is 10.2 Å². The lowest BCUT2D eigenvalue weighted by Crippen LogP contribution is -2.19. The van der Waals surface area contributed by atoms with Gasteiger partial charge in [0.15, 0.2) is 11.5 Å². The average Bonchev–Trinajstić information content (AvgIpc) is 2.86. The topological polar surface area (TPSA) is 123 Å². The fourth-order valence-corrected chi connectivity index (χ4v) is 2.08. The van der Waals surface area contributed by atoms with Crippen LogP contribution in [0.1, 0.15) is 10.6 Å². The normalized spacial score (nSPS) is 10.7. The first-order valence-corrected chi connectivity index (χ1v) is 6.67. The highest BCUT2D eigenvalue weighted by atomic mass is 32.1. The predicted molar refractivity (Wildman–Crippen MR) is 78.4 cm³/mol. The van der Waals surface area contributed by atoms with Gasteiger partial charge in [-0.2, -0.15) is 5.10 Å². The van der Waals surface area contributed by atoms with Gasteiger partial charge in [-0.3, -0.25) is 4.79 Å². The number of nitrogens with one attached hydrogen (secondary N) is 1. The number of anilines is 1. The van der Waals surface area contributed by atoms with E-state index in [1.807, 2.05) is 0 Å². The van der Waals surface area contributed by atoms with Crippen LogP contribution in [0.5, 0.6) is 11.5 Å². The molecule has 8 nitrogen and oxygen atoms in total. The van der Waals surface area contributed by atoms with Crippen LogP contribution in [0.4, 0.5) is 5.13 Å². The average molecular weight is 307 g/mol. The summed E-state index contributed by atoms with van der Waals surface area (Å²) in [6.45, 7) is 0. The van der Waals surface area contributed by atoms with E-state index in [0.29, 0.717) is 21.5 Å². The van der Waals surface area contributed by atoms with Gasteiger partial charge in [0.25, 0.3) is 0 Å². The Labute approximate surface area is 124 Å². The maximum Gasteiger partial charge on any atom is 0.247 e. The first-order chi connectivity index (χ1) is 10.1.